The molecule has 28 heavy (non-hydrogen) atoms. The topological polar surface area (TPSA) is 82.6 Å². The number of carbonyl (C=O) groups excluding carboxylic acids is 1. The van der Waals surface area contributed by atoms with Gasteiger partial charge in [0.1, 0.15) is 0 Å². The summed E-state index contributed by atoms with van der Waals surface area (Å²) < 4.78 is 25.4. The van der Waals surface area contributed by atoms with E-state index in [9.17, 15) is 13.2 Å². The van der Waals surface area contributed by atoms with E-state index in [1.54, 1.807) is 6.20 Å². The van der Waals surface area contributed by atoms with Crippen LogP contribution in [0.5, 0.6) is 0 Å². The molecule has 1 fully saturated rings. The number of aromatic nitrogens is 1. The molecule has 3 rings (SSSR count). The first-order chi connectivity index (χ1) is 13.4. The second kappa shape index (κ2) is 9.16. The zero-order chi connectivity index (χ0) is 20.0. The zero-order valence-electron chi connectivity index (χ0n) is 16.0. The number of para-hydroxylation sites is 1. The van der Waals surface area contributed by atoms with Gasteiger partial charge >= 0.3 is 0 Å². The smallest absolute Gasteiger partial charge is 0.242 e. The van der Waals surface area contributed by atoms with Crippen molar-refractivity contribution in [3.05, 3.63) is 60.4 Å². The summed E-state index contributed by atoms with van der Waals surface area (Å²) in [5.41, 5.74) is 2.02. The van der Waals surface area contributed by atoms with Crippen molar-refractivity contribution in [3.63, 3.8) is 0 Å². The lowest BCUT2D eigenvalue weighted by Gasteiger charge is -2.34. The Kier molecular flexibility index (Phi) is 6.64. The number of hydrogen-bond acceptors (Lipinski definition) is 5. The van der Waals surface area contributed by atoms with Gasteiger partial charge in [-0.2, -0.15) is 0 Å². The third kappa shape index (κ3) is 6.03. The Morgan fingerprint density at radius 2 is 1.89 bits per heavy atom. The van der Waals surface area contributed by atoms with Crippen LogP contribution in [0.4, 0.5) is 5.69 Å². The number of nitrogens with one attached hydrogen (secondary N) is 1. The van der Waals surface area contributed by atoms with E-state index in [2.05, 4.69) is 9.71 Å². The predicted octanol–water partition coefficient (Wildman–Crippen LogP) is 1.63. The summed E-state index contributed by atoms with van der Waals surface area (Å²) in [5, 5.41) is 0. The van der Waals surface area contributed by atoms with E-state index in [0.717, 1.165) is 11.3 Å². The van der Waals surface area contributed by atoms with Crippen molar-refractivity contribution in [1.29, 1.82) is 0 Å². The molecule has 1 aromatic heterocycles. The molecule has 0 saturated carbocycles. The van der Waals surface area contributed by atoms with Crippen LogP contribution >= 0.6 is 0 Å². The average Bonchev–Trinajstić information content (AvgIpc) is 2.68. The Balaban J connectivity index is 1.63. The fraction of sp³-hybridized carbons (Fsp3) is 0.400. The molecule has 150 valence electrons. The molecule has 2 aromatic rings. The molecular weight excluding hydrogens is 376 g/mol. The maximum absolute atomic E-state index is 12.9. The van der Waals surface area contributed by atoms with Crippen molar-refractivity contribution in [1.82, 2.24) is 14.6 Å². The van der Waals surface area contributed by atoms with E-state index >= 15 is 0 Å². The number of anilines is 1. The molecule has 1 N–H and O–H groups in total. The largest absolute Gasteiger partial charge is 0.358 e. The Morgan fingerprint density at radius 3 is 2.50 bits per heavy atom. The molecule has 0 radical (unpaired) electrons. The average molecular weight is 403 g/mol. The number of carbonyl (C=O) groups is 1. The van der Waals surface area contributed by atoms with Crippen molar-refractivity contribution in [3.8, 4) is 0 Å². The lowest BCUT2D eigenvalue weighted by atomic mass is 10.1. The lowest BCUT2D eigenvalue weighted by molar-refractivity contribution is -0.130. The molecule has 0 unspecified atom stereocenters. The highest BCUT2D eigenvalue weighted by molar-refractivity contribution is 7.88. The van der Waals surface area contributed by atoms with Crippen molar-refractivity contribution in [2.45, 2.75) is 25.4 Å². The first-order valence-corrected chi connectivity index (χ1v) is 11.2. The zero-order valence-corrected chi connectivity index (χ0v) is 16.8. The predicted molar refractivity (Wildman–Crippen MR) is 109 cm³/mol. The van der Waals surface area contributed by atoms with Gasteiger partial charge in [0.2, 0.25) is 15.9 Å². The van der Waals surface area contributed by atoms with E-state index in [0.29, 0.717) is 32.5 Å². The van der Waals surface area contributed by atoms with Gasteiger partial charge in [-0.05, 0) is 36.6 Å². The number of amides is 1. The van der Waals surface area contributed by atoms with Gasteiger partial charge in [-0.3, -0.25) is 9.78 Å². The molecule has 2 heterocycles. The van der Waals surface area contributed by atoms with Crippen LogP contribution in [0, 0.1) is 0 Å². The summed E-state index contributed by atoms with van der Waals surface area (Å²) >= 11 is 0. The Labute approximate surface area is 166 Å². The minimum Gasteiger partial charge on any atom is -0.358 e. The molecule has 1 saturated heterocycles. The normalized spacial score (nSPS) is 15.4. The second-order valence-electron chi connectivity index (χ2n) is 7.10. The van der Waals surface area contributed by atoms with Crippen LogP contribution in [0.1, 0.15) is 18.4 Å². The van der Waals surface area contributed by atoms with Crippen molar-refractivity contribution in [2.24, 2.45) is 0 Å². The maximum atomic E-state index is 12.9. The van der Waals surface area contributed by atoms with Crippen LogP contribution < -0.4 is 9.62 Å². The van der Waals surface area contributed by atoms with Gasteiger partial charge in [-0.1, -0.05) is 24.3 Å². The van der Waals surface area contributed by atoms with Crippen LogP contribution in [-0.4, -0.2) is 56.1 Å². The van der Waals surface area contributed by atoms with Crippen molar-refractivity contribution >= 4 is 21.6 Å². The number of piperidine rings is 1. The number of sulfonamides is 1. The molecule has 1 aliphatic rings. The Morgan fingerprint density at radius 1 is 1.18 bits per heavy atom. The number of rotatable bonds is 7. The summed E-state index contributed by atoms with van der Waals surface area (Å²) in [6.07, 6.45) is 5.97. The number of benzene rings is 1. The SMILES string of the molecule is CS(=O)(=O)NC1CCN(C(=O)CN(Cc2cccnc2)c2ccccc2)CC1. The first kappa shape index (κ1) is 20.3. The van der Waals surface area contributed by atoms with Crippen molar-refractivity contribution in [2.75, 3.05) is 30.8 Å². The quantitative estimate of drug-likeness (QED) is 0.761. The molecule has 1 aromatic carbocycles. The second-order valence-corrected chi connectivity index (χ2v) is 8.88. The third-order valence-electron chi connectivity index (χ3n) is 4.77. The van der Waals surface area contributed by atoms with Crippen LogP contribution in [0.3, 0.4) is 0 Å². The third-order valence-corrected chi connectivity index (χ3v) is 5.53. The molecule has 0 bridgehead atoms. The van der Waals surface area contributed by atoms with Crippen LogP contribution in [0.2, 0.25) is 0 Å². The summed E-state index contributed by atoms with van der Waals surface area (Å²) in [6.45, 7) is 1.97. The molecule has 8 heteroatoms. The highest BCUT2D eigenvalue weighted by Crippen LogP contribution is 2.18. The Bertz CT molecular complexity index is 867. The molecule has 0 aliphatic carbocycles. The summed E-state index contributed by atoms with van der Waals surface area (Å²) in [5.74, 6) is 0.0468. The van der Waals surface area contributed by atoms with Gasteiger partial charge < -0.3 is 9.80 Å². The van der Waals surface area contributed by atoms with Gasteiger partial charge in [0, 0.05) is 43.8 Å². The molecule has 0 spiro atoms. The number of pyridine rings is 1. The number of nitrogens with zero attached hydrogens (tertiary/aromatic N) is 3. The fourth-order valence-corrected chi connectivity index (χ4v) is 4.24. The molecule has 7 nitrogen and oxygen atoms in total. The van der Waals surface area contributed by atoms with Gasteiger partial charge in [-0.15, -0.1) is 0 Å². The Hall–Kier alpha value is -2.45. The summed E-state index contributed by atoms with van der Waals surface area (Å²) in [4.78, 5) is 20.9. The van der Waals surface area contributed by atoms with E-state index < -0.39 is 10.0 Å². The summed E-state index contributed by atoms with van der Waals surface area (Å²) in [6, 6.07) is 13.6. The van der Waals surface area contributed by atoms with E-state index in [4.69, 9.17) is 0 Å². The van der Waals surface area contributed by atoms with Crippen molar-refractivity contribution < 1.29 is 13.2 Å². The standard InChI is InChI=1S/C20H26N4O3S/c1-28(26,27)22-18-9-12-23(13-10-18)20(25)16-24(19-7-3-2-4-8-19)15-17-6-5-11-21-14-17/h2-8,11,14,18,22H,9-10,12-13,15-16H2,1H3. The summed E-state index contributed by atoms with van der Waals surface area (Å²) in [7, 11) is -3.22. The molecular formula is C20H26N4O3S. The van der Waals surface area contributed by atoms with Gasteiger partial charge in [0.05, 0.1) is 12.8 Å². The van der Waals surface area contributed by atoms with E-state index in [1.165, 1.54) is 6.26 Å². The van der Waals surface area contributed by atoms with Gasteiger partial charge in [0.15, 0.2) is 0 Å². The van der Waals surface area contributed by atoms with Crippen LogP contribution in [0.25, 0.3) is 0 Å². The van der Waals surface area contributed by atoms with Crippen LogP contribution in [0.15, 0.2) is 54.9 Å². The lowest BCUT2D eigenvalue weighted by Crippen LogP contribution is -2.48. The van der Waals surface area contributed by atoms with Gasteiger partial charge in [-0.25, -0.2) is 13.1 Å². The first-order valence-electron chi connectivity index (χ1n) is 9.35. The molecule has 1 aliphatic heterocycles. The van der Waals surface area contributed by atoms with E-state index in [-0.39, 0.29) is 18.5 Å². The number of likely N-dealkylation sites (tertiary alicyclic amines) is 1. The number of hydrogen-bond donors (Lipinski definition) is 1. The van der Waals surface area contributed by atoms with Gasteiger partial charge in [0.25, 0.3) is 0 Å². The molecule has 0 atom stereocenters. The van der Waals surface area contributed by atoms with E-state index in [1.807, 2.05) is 58.5 Å². The molecule has 1 amide bonds. The minimum atomic E-state index is -3.22. The highest BCUT2D eigenvalue weighted by Gasteiger charge is 2.25. The monoisotopic (exact) mass is 402 g/mol. The minimum absolute atomic E-state index is 0.0468. The highest BCUT2D eigenvalue weighted by atomic mass is 32.2. The maximum Gasteiger partial charge on any atom is 0.242 e. The van der Waals surface area contributed by atoms with Crippen LogP contribution in [-0.2, 0) is 21.4 Å². The fourth-order valence-electron chi connectivity index (χ4n) is 3.40.